The first-order valence-corrected chi connectivity index (χ1v) is 13.5. The summed E-state index contributed by atoms with van der Waals surface area (Å²) < 4.78 is 31.1. The van der Waals surface area contributed by atoms with Gasteiger partial charge in [0.1, 0.15) is 16.9 Å². The number of nitrogens with zero attached hydrogens (tertiary/aromatic N) is 2. The standard InChI is InChI=1S/C26H33FN3O6P/c1-4-35-37(36-5-2)14-6-12-30-21-16-19(15-18-7-9-20(27)10-8-18)17-29-23(21)24(31)22(26(30)33)25(32)28-11-13-34-3/h7-10,16-17,31H,4-6,11-15H2,1-3H3,(H,28,32). The molecular weight excluding hydrogens is 500 g/mol. The molecule has 2 heterocycles. The number of carbonyl (C=O) groups is 1. The Bertz CT molecular complexity index is 1250. The molecule has 3 aromatic rings. The molecule has 0 spiro atoms. The third kappa shape index (κ3) is 7.55. The topological polar surface area (TPSA) is 112 Å². The molecule has 37 heavy (non-hydrogen) atoms. The number of ether oxygens (including phenoxy) is 1. The van der Waals surface area contributed by atoms with E-state index in [4.69, 9.17) is 13.8 Å². The second-order valence-corrected chi connectivity index (χ2v) is 9.82. The van der Waals surface area contributed by atoms with Crippen LogP contribution in [-0.4, -0.2) is 60.2 Å². The third-order valence-electron chi connectivity index (χ3n) is 5.54. The average Bonchev–Trinajstić information content (AvgIpc) is 2.88. The smallest absolute Gasteiger partial charge is 0.267 e. The number of aromatic nitrogens is 2. The lowest BCUT2D eigenvalue weighted by molar-refractivity contribution is 0.0932. The minimum absolute atomic E-state index is 0.149. The van der Waals surface area contributed by atoms with Crippen molar-refractivity contribution < 1.29 is 28.1 Å². The van der Waals surface area contributed by atoms with Gasteiger partial charge in [0, 0.05) is 32.6 Å². The van der Waals surface area contributed by atoms with Crippen molar-refractivity contribution in [1.29, 1.82) is 0 Å². The molecule has 0 unspecified atom stereocenters. The van der Waals surface area contributed by atoms with Gasteiger partial charge in [-0.3, -0.25) is 14.6 Å². The van der Waals surface area contributed by atoms with Gasteiger partial charge in [-0.15, -0.1) is 0 Å². The maximum Gasteiger partial charge on any atom is 0.267 e. The van der Waals surface area contributed by atoms with Crippen LogP contribution in [0.15, 0.2) is 41.3 Å². The summed E-state index contributed by atoms with van der Waals surface area (Å²) >= 11 is 0. The van der Waals surface area contributed by atoms with Crippen molar-refractivity contribution in [2.24, 2.45) is 0 Å². The lowest BCUT2D eigenvalue weighted by Gasteiger charge is -2.18. The first-order valence-electron chi connectivity index (χ1n) is 12.2. The molecule has 0 fully saturated rings. The number of aromatic hydroxyl groups is 1. The largest absolute Gasteiger partial charge is 0.505 e. The fourth-order valence-corrected chi connectivity index (χ4v) is 5.18. The third-order valence-corrected chi connectivity index (χ3v) is 7.32. The lowest BCUT2D eigenvalue weighted by atomic mass is 10.1. The van der Waals surface area contributed by atoms with Crippen molar-refractivity contribution in [3.8, 4) is 5.75 Å². The number of carbonyl (C=O) groups excluding carboxylic acids is 1. The maximum absolute atomic E-state index is 13.5. The van der Waals surface area contributed by atoms with Crippen LogP contribution in [0.2, 0.25) is 0 Å². The van der Waals surface area contributed by atoms with E-state index in [1.165, 1.54) is 23.8 Å². The number of pyridine rings is 2. The number of methoxy groups -OCH3 is 1. The van der Waals surface area contributed by atoms with Gasteiger partial charge in [-0.1, -0.05) is 12.1 Å². The number of halogens is 1. The van der Waals surface area contributed by atoms with Crippen molar-refractivity contribution >= 4 is 25.3 Å². The number of rotatable bonds is 14. The van der Waals surface area contributed by atoms with Crippen LogP contribution >= 0.6 is 8.38 Å². The Morgan fingerprint density at radius 3 is 2.51 bits per heavy atom. The van der Waals surface area contributed by atoms with Crippen LogP contribution in [0.1, 0.15) is 41.8 Å². The van der Waals surface area contributed by atoms with Gasteiger partial charge in [0.05, 0.1) is 25.3 Å². The fourth-order valence-electron chi connectivity index (χ4n) is 3.88. The number of nitrogens with one attached hydrogen (secondary N) is 1. The molecule has 2 N–H and O–H groups in total. The number of benzene rings is 1. The molecule has 1 aromatic carbocycles. The molecule has 9 nitrogen and oxygen atoms in total. The van der Waals surface area contributed by atoms with Gasteiger partial charge in [-0.25, -0.2) is 4.39 Å². The van der Waals surface area contributed by atoms with Gasteiger partial charge in [0.25, 0.3) is 11.5 Å². The summed E-state index contributed by atoms with van der Waals surface area (Å²) in [6, 6.07) is 7.90. The van der Waals surface area contributed by atoms with Crippen molar-refractivity contribution in [3.63, 3.8) is 0 Å². The van der Waals surface area contributed by atoms with Gasteiger partial charge < -0.3 is 28.8 Å². The van der Waals surface area contributed by atoms with E-state index in [9.17, 15) is 19.1 Å². The molecule has 0 atom stereocenters. The molecule has 0 bridgehead atoms. The summed E-state index contributed by atoms with van der Waals surface area (Å²) in [6.07, 6.45) is 3.19. The van der Waals surface area contributed by atoms with Gasteiger partial charge >= 0.3 is 0 Å². The molecule has 2 aromatic heterocycles. The predicted octanol–water partition coefficient (Wildman–Crippen LogP) is 3.98. The van der Waals surface area contributed by atoms with Crippen molar-refractivity contribution in [1.82, 2.24) is 14.9 Å². The van der Waals surface area contributed by atoms with Crippen molar-refractivity contribution in [2.45, 2.75) is 33.2 Å². The zero-order chi connectivity index (χ0) is 26.8. The van der Waals surface area contributed by atoms with Gasteiger partial charge in [-0.2, -0.15) is 0 Å². The Kier molecular flexibility index (Phi) is 11.0. The normalized spacial score (nSPS) is 11.4. The Balaban J connectivity index is 2.00. The molecule has 0 saturated heterocycles. The van der Waals surface area contributed by atoms with Crippen LogP contribution in [0, 0.1) is 5.82 Å². The Morgan fingerprint density at radius 2 is 1.86 bits per heavy atom. The van der Waals surface area contributed by atoms with Crippen LogP contribution in [0.25, 0.3) is 11.0 Å². The fraction of sp³-hybridized carbons (Fsp3) is 0.423. The summed E-state index contributed by atoms with van der Waals surface area (Å²) in [7, 11) is 0.407. The molecule has 0 aliphatic heterocycles. The van der Waals surface area contributed by atoms with Crippen LogP contribution in [-0.2, 0) is 26.7 Å². The van der Waals surface area contributed by atoms with Gasteiger partial charge in [0.15, 0.2) is 14.1 Å². The molecule has 0 aliphatic carbocycles. The van der Waals surface area contributed by atoms with E-state index < -0.39 is 25.6 Å². The lowest BCUT2D eigenvalue weighted by Crippen LogP contribution is -2.35. The quantitative estimate of drug-likeness (QED) is 0.238. The van der Waals surface area contributed by atoms with Crippen molar-refractivity contribution in [2.75, 3.05) is 39.6 Å². The zero-order valence-corrected chi connectivity index (χ0v) is 22.2. The number of aryl methyl sites for hydroxylation is 1. The van der Waals surface area contributed by atoms with Crippen molar-refractivity contribution in [3.05, 3.63) is 69.4 Å². The van der Waals surface area contributed by atoms with E-state index in [0.29, 0.717) is 37.7 Å². The summed E-state index contributed by atoms with van der Waals surface area (Å²) in [5, 5.41) is 13.5. The van der Waals surface area contributed by atoms with E-state index in [1.807, 2.05) is 13.8 Å². The molecule has 1 amide bonds. The van der Waals surface area contributed by atoms with E-state index in [-0.39, 0.29) is 36.6 Å². The minimum Gasteiger partial charge on any atom is -0.505 e. The Labute approximate surface area is 216 Å². The predicted molar refractivity (Wildman–Crippen MR) is 141 cm³/mol. The SMILES string of the molecule is CCOP(CCCn1c(=O)c(C(=O)NCCOC)c(O)c2ncc(Cc3ccc(F)cc3)cc21)OCC. The number of fused-ring (bicyclic) bond motifs is 1. The second kappa shape index (κ2) is 14.1. The Hall–Kier alpha value is -2.91. The zero-order valence-electron chi connectivity index (χ0n) is 21.3. The first kappa shape index (κ1) is 28.7. The van der Waals surface area contributed by atoms with E-state index in [2.05, 4.69) is 10.3 Å². The molecule has 0 radical (unpaired) electrons. The van der Waals surface area contributed by atoms with E-state index in [0.717, 1.165) is 11.1 Å². The highest BCUT2D eigenvalue weighted by Crippen LogP contribution is 2.38. The minimum atomic E-state index is -1.09. The second-order valence-electron chi connectivity index (χ2n) is 8.19. The molecule has 3 rings (SSSR count). The summed E-state index contributed by atoms with van der Waals surface area (Å²) in [5.41, 5.74) is 1.23. The molecular formula is C26H33FN3O6P. The monoisotopic (exact) mass is 533 g/mol. The van der Waals surface area contributed by atoms with Gasteiger partial charge in [0.2, 0.25) is 0 Å². The van der Waals surface area contributed by atoms with E-state index >= 15 is 0 Å². The summed E-state index contributed by atoms with van der Waals surface area (Å²) in [4.78, 5) is 30.7. The Morgan fingerprint density at radius 1 is 1.16 bits per heavy atom. The van der Waals surface area contributed by atoms with Crippen LogP contribution in [0.5, 0.6) is 5.75 Å². The highest BCUT2D eigenvalue weighted by atomic mass is 31.2. The summed E-state index contributed by atoms with van der Waals surface area (Å²) in [6.45, 7) is 5.56. The first-order chi connectivity index (χ1) is 17.9. The van der Waals surface area contributed by atoms with Crippen LogP contribution in [0.3, 0.4) is 0 Å². The van der Waals surface area contributed by atoms with Crippen LogP contribution in [0.4, 0.5) is 4.39 Å². The molecule has 0 saturated carbocycles. The molecule has 200 valence electrons. The van der Waals surface area contributed by atoms with Gasteiger partial charge in [-0.05, 0) is 56.0 Å². The number of amides is 1. The highest BCUT2D eigenvalue weighted by Gasteiger charge is 2.23. The number of hydrogen-bond donors (Lipinski definition) is 2. The average molecular weight is 534 g/mol. The summed E-state index contributed by atoms with van der Waals surface area (Å²) in [5.74, 6) is -1.49. The highest BCUT2D eigenvalue weighted by molar-refractivity contribution is 7.47. The number of hydrogen-bond acceptors (Lipinski definition) is 7. The molecule has 11 heteroatoms. The van der Waals surface area contributed by atoms with E-state index in [1.54, 1.807) is 24.4 Å². The van der Waals surface area contributed by atoms with Crippen LogP contribution < -0.4 is 10.9 Å². The maximum atomic E-state index is 13.5. The molecule has 0 aliphatic rings.